The summed E-state index contributed by atoms with van der Waals surface area (Å²) < 4.78 is 0. The third kappa shape index (κ3) is 2.49. The summed E-state index contributed by atoms with van der Waals surface area (Å²) >= 11 is 0. The molecule has 98 valence electrons. The zero-order chi connectivity index (χ0) is 14.0. The van der Waals surface area contributed by atoms with Gasteiger partial charge < -0.3 is 15.7 Å². The maximum Gasteiger partial charge on any atom is 0.257 e. The molecule has 2 aromatic rings. The van der Waals surface area contributed by atoms with Gasteiger partial charge in [0.05, 0.1) is 12.1 Å². The van der Waals surface area contributed by atoms with Gasteiger partial charge in [-0.3, -0.25) is 9.59 Å². The third-order valence-electron chi connectivity index (χ3n) is 2.87. The lowest BCUT2D eigenvalue weighted by molar-refractivity contribution is -0.118. The van der Waals surface area contributed by atoms with Crippen LogP contribution in [0.5, 0.6) is 5.75 Å². The van der Waals surface area contributed by atoms with Crippen molar-refractivity contribution in [3.8, 4) is 5.75 Å². The van der Waals surface area contributed by atoms with E-state index >= 15 is 0 Å². The van der Waals surface area contributed by atoms with Crippen LogP contribution in [-0.2, 0) is 4.79 Å². The number of hydrogen-bond acceptors (Lipinski definition) is 3. The Hall–Kier alpha value is -2.56. The molecule has 0 radical (unpaired) electrons. The molecule has 0 aliphatic carbocycles. The van der Waals surface area contributed by atoms with Crippen LogP contribution in [0.3, 0.4) is 0 Å². The van der Waals surface area contributed by atoms with Gasteiger partial charge >= 0.3 is 0 Å². The van der Waals surface area contributed by atoms with E-state index in [0.29, 0.717) is 5.39 Å². The molecule has 0 saturated carbocycles. The molecule has 3 N–H and O–H groups in total. The van der Waals surface area contributed by atoms with E-state index in [9.17, 15) is 14.7 Å². The predicted octanol–water partition coefficient (Wildman–Crippen LogP) is 1.10. The molecule has 0 fully saturated rings. The van der Waals surface area contributed by atoms with E-state index in [0.717, 1.165) is 5.39 Å². The van der Waals surface area contributed by atoms with Crippen LogP contribution in [0, 0.1) is 0 Å². The van der Waals surface area contributed by atoms with E-state index in [2.05, 4.69) is 0 Å². The molecule has 0 bridgehead atoms. The van der Waals surface area contributed by atoms with Crippen molar-refractivity contribution in [3.05, 3.63) is 42.0 Å². The van der Waals surface area contributed by atoms with Gasteiger partial charge in [-0.1, -0.05) is 30.3 Å². The number of nitrogens with zero attached hydrogens (tertiary/aromatic N) is 1. The molecule has 0 aliphatic rings. The summed E-state index contributed by atoms with van der Waals surface area (Å²) in [5.74, 6) is -1.13. The van der Waals surface area contributed by atoms with Crippen LogP contribution in [0.1, 0.15) is 10.4 Å². The first-order valence-electron chi connectivity index (χ1n) is 5.75. The number of aromatic hydroxyl groups is 1. The second-order valence-electron chi connectivity index (χ2n) is 4.31. The highest BCUT2D eigenvalue weighted by molar-refractivity contribution is 6.04. The molecule has 0 saturated heterocycles. The Kier molecular flexibility index (Phi) is 3.37. The normalized spacial score (nSPS) is 10.4. The fraction of sp³-hybridized carbons (Fsp3) is 0.143. The SMILES string of the molecule is CN(CC(N)=O)C(=O)c1ccc2ccccc2c1O. The van der Waals surface area contributed by atoms with Crippen LogP contribution < -0.4 is 5.73 Å². The van der Waals surface area contributed by atoms with Crippen molar-refractivity contribution in [2.45, 2.75) is 0 Å². The lowest BCUT2D eigenvalue weighted by Gasteiger charge is -2.16. The molecule has 2 aromatic carbocycles. The molecule has 0 aromatic heterocycles. The number of phenols is 1. The molecule has 0 aliphatic heterocycles. The average Bonchev–Trinajstić information content (AvgIpc) is 2.38. The van der Waals surface area contributed by atoms with Gasteiger partial charge in [0.2, 0.25) is 5.91 Å². The second-order valence-corrected chi connectivity index (χ2v) is 4.31. The first kappa shape index (κ1) is 12.9. The summed E-state index contributed by atoms with van der Waals surface area (Å²) in [4.78, 5) is 24.1. The minimum atomic E-state index is -0.601. The summed E-state index contributed by atoms with van der Waals surface area (Å²) in [6.07, 6.45) is 0. The van der Waals surface area contributed by atoms with Gasteiger partial charge in [0.15, 0.2) is 0 Å². The quantitative estimate of drug-likeness (QED) is 0.864. The van der Waals surface area contributed by atoms with Crippen LogP contribution in [-0.4, -0.2) is 35.4 Å². The molecule has 2 amide bonds. The first-order chi connectivity index (χ1) is 9.00. The maximum atomic E-state index is 12.1. The molecule has 19 heavy (non-hydrogen) atoms. The van der Waals surface area contributed by atoms with Crippen molar-refractivity contribution in [1.29, 1.82) is 0 Å². The van der Waals surface area contributed by atoms with E-state index in [1.165, 1.54) is 18.0 Å². The molecule has 0 atom stereocenters. The Balaban J connectivity index is 2.43. The number of carbonyl (C=O) groups excluding carboxylic acids is 2. The van der Waals surface area contributed by atoms with Gasteiger partial charge in [-0.05, 0) is 11.5 Å². The van der Waals surface area contributed by atoms with Gasteiger partial charge in [-0.25, -0.2) is 0 Å². The van der Waals surface area contributed by atoms with Crippen molar-refractivity contribution < 1.29 is 14.7 Å². The minimum absolute atomic E-state index is 0.0839. The topological polar surface area (TPSA) is 83.6 Å². The van der Waals surface area contributed by atoms with Crippen LogP contribution in [0.4, 0.5) is 0 Å². The highest BCUT2D eigenvalue weighted by Crippen LogP contribution is 2.29. The number of primary amides is 1. The monoisotopic (exact) mass is 258 g/mol. The lowest BCUT2D eigenvalue weighted by atomic mass is 10.0. The molecule has 0 heterocycles. The van der Waals surface area contributed by atoms with Crippen molar-refractivity contribution in [3.63, 3.8) is 0 Å². The number of amides is 2. The number of hydrogen-bond donors (Lipinski definition) is 2. The summed E-state index contributed by atoms with van der Waals surface area (Å²) in [6.45, 7) is -0.189. The molecule has 2 rings (SSSR count). The van der Waals surface area contributed by atoms with Crippen LogP contribution in [0.2, 0.25) is 0 Å². The van der Waals surface area contributed by atoms with E-state index in [-0.39, 0.29) is 17.9 Å². The number of benzene rings is 2. The van der Waals surface area contributed by atoms with E-state index in [1.807, 2.05) is 12.1 Å². The highest BCUT2D eigenvalue weighted by Gasteiger charge is 2.18. The summed E-state index contributed by atoms with van der Waals surface area (Å²) in [5, 5.41) is 11.6. The highest BCUT2D eigenvalue weighted by atomic mass is 16.3. The van der Waals surface area contributed by atoms with Crippen molar-refractivity contribution >= 4 is 22.6 Å². The van der Waals surface area contributed by atoms with Crippen LogP contribution in [0.15, 0.2) is 36.4 Å². The number of fused-ring (bicyclic) bond motifs is 1. The van der Waals surface area contributed by atoms with Gasteiger partial charge in [0, 0.05) is 12.4 Å². The molecule has 0 spiro atoms. The van der Waals surface area contributed by atoms with Crippen LogP contribution >= 0.6 is 0 Å². The Morgan fingerprint density at radius 1 is 1.21 bits per heavy atom. The second kappa shape index (κ2) is 4.97. The van der Waals surface area contributed by atoms with Crippen molar-refractivity contribution in [2.24, 2.45) is 5.73 Å². The van der Waals surface area contributed by atoms with Gasteiger partial charge in [-0.2, -0.15) is 0 Å². The number of likely N-dealkylation sites (N-methyl/N-ethyl adjacent to an activating group) is 1. The van der Waals surface area contributed by atoms with E-state index in [4.69, 9.17) is 5.73 Å². The van der Waals surface area contributed by atoms with Gasteiger partial charge in [0.1, 0.15) is 5.75 Å². The summed E-state index contributed by atoms with van der Waals surface area (Å²) in [6, 6.07) is 10.5. The number of rotatable bonds is 3. The number of carbonyl (C=O) groups is 2. The average molecular weight is 258 g/mol. The Labute approximate surface area is 110 Å². The van der Waals surface area contributed by atoms with E-state index in [1.54, 1.807) is 18.2 Å². The zero-order valence-corrected chi connectivity index (χ0v) is 10.5. The summed E-state index contributed by atoms with van der Waals surface area (Å²) in [5.41, 5.74) is 5.20. The molecular formula is C14H14N2O3. The molecule has 5 nitrogen and oxygen atoms in total. The Bertz CT molecular complexity index is 652. The Morgan fingerprint density at radius 3 is 2.58 bits per heavy atom. The fourth-order valence-corrected chi connectivity index (χ4v) is 1.94. The van der Waals surface area contributed by atoms with Crippen LogP contribution in [0.25, 0.3) is 10.8 Å². The number of phenolic OH excluding ortho intramolecular Hbond substituents is 1. The zero-order valence-electron chi connectivity index (χ0n) is 10.5. The third-order valence-corrected chi connectivity index (χ3v) is 2.87. The van der Waals surface area contributed by atoms with E-state index < -0.39 is 11.8 Å². The summed E-state index contributed by atoms with van der Waals surface area (Å²) in [7, 11) is 1.46. The standard InChI is InChI=1S/C14H14N2O3/c1-16(8-12(15)17)14(19)11-7-6-9-4-2-3-5-10(9)13(11)18/h2-7,18H,8H2,1H3,(H2,15,17). The largest absolute Gasteiger partial charge is 0.506 e. The van der Waals surface area contributed by atoms with Gasteiger partial charge in [0.25, 0.3) is 5.91 Å². The lowest BCUT2D eigenvalue weighted by Crippen LogP contribution is -2.35. The predicted molar refractivity (Wildman–Crippen MR) is 71.8 cm³/mol. The fourth-order valence-electron chi connectivity index (χ4n) is 1.94. The van der Waals surface area contributed by atoms with Gasteiger partial charge in [-0.15, -0.1) is 0 Å². The molecule has 0 unspecified atom stereocenters. The van der Waals surface area contributed by atoms with Crippen molar-refractivity contribution in [1.82, 2.24) is 4.90 Å². The number of nitrogens with two attached hydrogens (primary N) is 1. The van der Waals surface area contributed by atoms with Crippen molar-refractivity contribution in [2.75, 3.05) is 13.6 Å². The maximum absolute atomic E-state index is 12.1. The molecule has 5 heteroatoms. The smallest absolute Gasteiger partial charge is 0.257 e. The molecular weight excluding hydrogens is 244 g/mol. The minimum Gasteiger partial charge on any atom is -0.506 e. The first-order valence-corrected chi connectivity index (χ1v) is 5.75. The Morgan fingerprint density at radius 2 is 1.89 bits per heavy atom.